The minimum absolute atomic E-state index is 0.0911. The summed E-state index contributed by atoms with van der Waals surface area (Å²) in [6, 6.07) is 7.57. The van der Waals surface area contributed by atoms with Crippen molar-refractivity contribution in [2.45, 2.75) is 32.1 Å². The number of H-pyrrole nitrogens is 1. The number of aromatic nitrogens is 2. The minimum atomic E-state index is -0.725. The van der Waals surface area contributed by atoms with E-state index in [0.29, 0.717) is 17.0 Å². The van der Waals surface area contributed by atoms with Gasteiger partial charge in [0.25, 0.3) is 5.56 Å². The molecule has 0 aliphatic carbocycles. The van der Waals surface area contributed by atoms with Crippen LogP contribution in [0, 0.1) is 0 Å². The number of benzene rings is 1. The molecule has 0 radical (unpaired) electrons. The van der Waals surface area contributed by atoms with Crippen LogP contribution >= 0.6 is 0 Å². The minimum Gasteiger partial charge on any atom is -0.463 e. The van der Waals surface area contributed by atoms with Crippen LogP contribution < -0.4 is 16.0 Å². The van der Waals surface area contributed by atoms with E-state index in [1.807, 2.05) is 0 Å². The summed E-state index contributed by atoms with van der Waals surface area (Å²) in [5.41, 5.74) is -0.0365. The molecule has 3 rings (SSSR count). The zero-order valence-electron chi connectivity index (χ0n) is 17.1. The van der Waals surface area contributed by atoms with Crippen LogP contribution in [-0.4, -0.2) is 45.1 Å². The third-order valence-corrected chi connectivity index (χ3v) is 4.53. The first kappa shape index (κ1) is 22.7. The summed E-state index contributed by atoms with van der Waals surface area (Å²) in [6.45, 7) is 1.54. The smallest absolute Gasteiger partial charge is 0.330 e. The number of carbonyl (C=O) groups is 2. The summed E-state index contributed by atoms with van der Waals surface area (Å²) in [5, 5.41) is 11.8. The number of oxime groups is 1. The second-order valence-corrected chi connectivity index (χ2v) is 6.83. The van der Waals surface area contributed by atoms with Crippen LogP contribution in [-0.2, 0) is 19.1 Å². The average Bonchev–Trinajstić information content (AvgIpc) is 3.25. The van der Waals surface area contributed by atoms with E-state index < -0.39 is 35.5 Å². The molecular formula is C21H21N3O8. The number of nitrogens with one attached hydrogen (secondary N) is 1. The summed E-state index contributed by atoms with van der Waals surface area (Å²) in [7, 11) is 0. The fourth-order valence-corrected chi connectivity index (χ4v) is 2.83. The van der Waals surface area contributed by atoms with Gasteiger partial charge in [0.1, 0.15) is 18.5 Å². The molecule has 1 aromatic heterocycles. The Morgan fingerprint density at radius 1 is 1.12 bits per heavy atom. The quantitative estimate of drug-likeness (QED) is 0.154. The summed E-state index contributed by atoms with van der Waals surface area (Å²) >= 11 is 0. The van der Waals surface area contributed by atoms with Crippen molar-refractivity contribution in [3.05, 3.63) is 75.1 Å². The molecule has 2 aromatic rings. The van der Waals surface area contributed by atoms with E-state index in [0.717, 1.165) is 0 Å². The Kier molecular flexibility index (Phi) is 7.34. The molecule has 0 saturated carbocycles. The number of esters is 2. The van der Waals surface area contributed by atoms with Gasteiger partial charge in [-0.05, 0) is 42.8 Å². The van der Waals surface area contributed by atoms with E-state index >= 15 is 0 Å². The molecule has 2 heterocycles. The van der Waals surface area contributed by atoms with Gasteiger partial charge in [-0.25, -0.2) is 4.79 Å². The van der Waals surface area contributed by atoms with Gasteiger partial charge in [-0.1, -0.05) is 11.2 Å². The Bertz CT molecular complexity index is 1150. The third-order valence-electron chi connectivity index (χ3n) is 4.53. The molecule has 0 amide bonds. The molecule has 2 N–H and O–H groups in total. The lowest BCUT2D eigenvalue weighted by molar-refractivity contribution is -0.150. The molecule has 168 valence electrons. The fraction of sp³-hybridized carbons (Fsp3) is 0.286. The van der Waals surface area contributed by atoms with Crippen molar-refractivity contribution in [2.75, 3.05) is 6.61 Å². The molecule has 32 heavy (non-hydrogen) atoms. The third kappa shape index (κ3) is 6.01. The number of ether oxygens (including phenoxy) is 3. The SMILES string of the molecule is C/C(=N\O)c1ccc(OC(=O)CCC(=O)OCC2C=CC(n3ccc(=O)[nH]c3=O)O2)cc1. The second kappa shape index (κ2) is 10.4. The fourth-order valence-electron chi connectivity index (χ4n) is 2.83. The van der Waals surface area contributed by atoms with Crippen LogP contribution in [0.2, 0.25) is 0 Å². The number of aromatic amines is 1. The van der Waals surface area contributed by atoms with Crippen LogP contribution in [0.4, 0.5) is 0 Å². The zero-order valence-corrected chi connectivity index (χ0v) is 17.1. The van der Waals surface area contributed by atoms with Crippen molar-refractivity contribution < 1.29 is 29.0 Å². The van der Waals surface area contributed by atoms with E-state index in [-0.39, 0.29) is 19.4 Å². The van der Waals surface area contributed by atoms with Gasteiger partial charge in [0.15, 0.2) is 6.23 Å². The topological polar surface area (TPSA) is 149 Å². The predicted molar refractivity (Wildman–Crippen MR) is 111 cm³/mol. The normalized spacial score (nSPS) is 17.8. The Labute approximate surface area is 181 Å². The molecule has 11 heteroatoms. The Balaban J connectivity index is 1.39. The first-order valence-corrected chi connectivity index (χ1v) is 9.66. The van der Waals surface area contributed by atoms with Crippen molar-refractivity contribution >= 4 is 17.7 Å². The van der Waals surface area contributed by atoms with Gasteiger partial charge in [-0.15, -0.1) is 0 Å². The molecule has 2 atom stereocenters. The average molecular weight is 443 g/mol. The van der Waals surface area contributed by atoms with E-state index in [4.69, 9.17) is 19.4 Å². The largest absolute Gasteiger partial charge is 0.463 e. The standard InChI is InChI=1S/C21H21N3O8/c1-13(23-29)14-2-4-15(5-3-14)32-20(27)9-8-19(26)30-12-16-6-7-18(31-16)24-11-10-17(25)22-21(24)28/h2-7,10-11,16,18,29H,8-9,12H2,1H3,(H,22,25,28)/b23-13+. The molecule has 0 bridgehead atoms. The van der Waals surface area contributed by atoms with E-state index in [1.54, 1.807) is 43.3 Å². The maximum absolute atomic E-state index is 11.9. The summed E-state index contributed by atoms with van der Waals surface area (Å²) in [4.78, 5) is 48.9. The van der Waals surface area contributed by atoms with Gasteiger partial charge in [0.2, 0.25) is 0 Å². The first-order chi connectivity index (χ1) is 15.4. The van der Waals surface area contributed by atoms with Crippen molar-refractivity contribution in [3.8, 4) is 5.75 Å². The first-order valence-electron chi connectivity index (χ1n) is 9.66. The van der Waals surface area contributed by atoms with E-state index in [1.165, 1.54) is 16.8 Å². The number of hydrogen-bond acceptors (Lipinski definition) is 9. The highest BCUT2D eigenvalue weighted by atomic mass is 16.6. The Morgan fingerprint density at radius 3 is 2.53 bits per heavy atom. The molecule has 11 nitrogen and oxygen atoms in total. The van der Waals surface area contributed by atoms with Gasteiger partial charge in [-0.3, -0.25) is 23.9 Å². The summed E-state index contributed by atoms with van der Waals surface area (Å²) in [6.07, 6.45) is 2.91. The van der Waals surface area contributed by atoms with Gasteiger partial charge < -0.3 is 19.4 Å². The van der Waals surface area contributed by atoms with Crippen molar-refractivity contribution in [3.63, 3.8) is 0 Å². The van der Waals surface area contributed by atoms with Crippen LogP contribution in [0.1, 0.15) is 31.6 Å². The lowest BCUT2D eigenvalue weighted by atomic mass is 10.1. The van der Waals surface area contributed by atoms with Gasteiger partial charge >= 0.3 is 17.6 Å². The molecule has 0 spiro atoms. The van der Waals surface area contributed by atoms with Crippen molar-refractivity contribution in [2.24, 2.45) is 5.16 Å². The number of hydrogen-bond donors (Lipinski definition) is 2. The summed E-state index contributed by atoms with van der Waals surface area (Å²) in [5.74, 6) is -0.906. The van der Waals surface area contributed by atoms with Crippen LogP contribution in [0.3, 0.4) is 0 Å². The lowest BCUT2D eigenvalue weighted by Gasteiger charge is -2.15. The Morgan fingerprint density at radius 2 is 1.84 bits per heavy atom. The summed E-state index contributed by atoms with van der Waals surface area (Å²) < 4.78 is 17.1. The predicted octanol–water partition coefficient (Wildman–Crippen LogP) is 1.12. The highest BCUT2D eigenvalue weighted by Gasteiger charge is 2.23. The van der Waals surface area contributed by atoms with Gasteiger partial charge in [0.05, 0.1) is 18.6 Å². The maximum atomic E-state index is 11.9. The zero-order chi connectivity index (χ0) is 23.1. The number of rotatable bonds is 8. The Hall–Kier alpha value is -3.99. The highest BCUT2D eigenvalue weighted by Crippen LogP contribution is 2.19. The molecule has 2 unspecified atom stereocenters. The van der Waals surface area contributed by atoms with E-state index in [9.17, 15) is 19.2 Å². The van der Waals surface area contributed by atoms with Gasteiger partial charge in [-0.2, -0.15) is 0 Å². The van der Waals surface area contributed by atoms with Crippen molar-refractivity contribution in [1.29, 1.82) is 0 Å². The van der Waals surface area contributed by atoms with Crippen LogP contribution in [0.25, 0.3) is 0 Å². The number of carbonyl (C=O) groups excluding carboxylic acids is 2. The molecule has 0 fully saturated rings. The second-order valence-electron chi connectivity index (χ2n) is 6.83. The molecule has 1 aliphatic heterocycles. The van der Waals surface area contributed by atoms with E-state index in [2.05, 4.69) is 10.1 Å². The van der Waals surface area contributed by atoms with Crippen LogP contribution in [0.15, 0.2) is 63.4 Å². The maximum Gasteiger partial charge on any atom is 0.330 e. The van der Waals surface area contributed by atoms with Crippen LogP contribution in [0.5, 0.6) is 5.75 Å². The van der Waals surface area contributed by atoms with Gasteiger partial charge in [0, 0.05) is 12.3 Å². The highest BCUT2D eigenvalue weighted by molar-refractivity contribution is 5.98. The molecule has 1 aliphatic rings. The number of nitrogens with zero attached hydrogens (tertiary/aromatic N) is 2. The molecule has 1 aromatic carbocycles. The lowest BCUT2D eigenvalue weighted by Crippen LogP contribution is -2.32. The van der Waals surface area contributed by atoms with Crippen molar-refractivity contribution in [1.82, 2.24) is 9.55 Å². The molecule has 0 saturated heterocycles. The molecular weight excluding hydrogens is 422 g/mol. The monoisotopic (exact) mass is 443 g/mol.